The standard InChI is InChI=1S/C20H30F3N3O/c1-15(24-11-7-13-26-12-6-5-8-16(26)2)14-19(27)25-18-10-4-3-9-17(18)20(21,22)23/h3-4,9-10,15-16,24H,5-8,11-14H2,1-2H3,(H,25,27). The average molecular weight is 385 g/mol. The molecule has 0 saturated carbocycles. The summed E-state index contributed by atoms with van der Waals surface area (Å²) in [6, 6.07) is 5.58. The third-order valence-corrected chi connectivity index (χ3v) is 5.05. The fourth-order valence-corrected chi connectivity index (χ4v) is 3.51. The highest BCUT2D eigenvalue weighted by Gasteiger charge is 2.33. The Hall–Kier alpha value is -1.60. The van der Waals surface area contributed by atoms with Gasteiger partial charge in [-0.2, -0.15) is 13.2 Å². The van der Waals surface area contributed by atoms with Crippen molar-refractivity contribution in [1.29, 1.82) is 0 Å². The van der Waals surface area contributed by atoms with Crippen molar-refractivity contribution in [2.24, 2.45) is 0 Å². The first-order valence-electron chi connectivity index (χ1n) is 9.71. The molecule has 27 heavy (non-hydrogen) atoms. The molecule has 1 amide bonds. The number of piperidine rings is 1. The second kappa shape index (κ2) is 10.1. The van der Waals surface area contributed by atoms with Gasteiger partial charge in [-0.25, -0.2) is 0 Å². The number of amides is 1. The van der Waals surface area contributed by atoms with Gasteiger partial charge in [0.1, 0.15) is 0 Å². The smallest absolute Gasteiger partial charge is 0.325 e. The van der Waals surface area contributed by atoms with Gasteiger partial charge in [0.05, 0.1) is 11.3 Å². The zero-order chi connectivity index (χ0) is 19.9. The molecule has 4 nitrogen and oxygen atoms in total. The molecule has 1 aliphatic heterocycles. The summed E-state index contributed by atoms with van der Waals surface area (Å²) in [5, 5.41) is 5.68. The van der Waals surface area contributed by atoms with Crippen molar-refractivity contribution in [3.63, 3.8) is 0 Å². The number of nitrogens with zero attached hydrogens (tertiary/aromatic N) is 1. The lowest BCUT2D eigenvalue weighted by molar-refractivity contribution is -0.137. The lowest BCUT2D eigenvalue weighted by atomic mass is 10.0. The van der Waals surface area contributed by atoms with Crippen molar-refractivity contribution in [2.45, 2.75) is 64.2 Å². The number of para-hydroxylation sites is 1. The zero-order valence-corrected chi connectivity index (χ0v) is 16.1. The molecule has 7 heteroatoms. The lowest BCUT2D eigenvalue weighted by Crippen LogP contribution is -2.39. The van der Waals surface area contributed by atoms with Crippen molar-refractivity contribution in [3.05, 3.63) is 29.8 Å². The molecular formula is C20H30F3N3O. The van der Waals surface area contributed by atoms with Crippen LogP contribution >= 0.6 is 0 Å². The molecule has 1 fully saturated rings. The number of carbonyl (C=O) groups excluding carboxylic acids is 1. The monoisotopic (exact) mass is 385 g/mol. The molecule has 2 N–H and O–H groups in total. The predicted octanol–water partition coefficient (Wildman–Crippen LogP) is 4.28. The summed E-state index contributed by atoms with van der Waals surface area (Å²) in [6.45, 7) is 7.11. The van der Waals surface area contributed by atoms with E-state index in [1.165, 1.54) is 37.5 Å². The van der Waals surface area contributed by atoms with Crippen LogP contribution in [0, 0.1) is 0 Å². The van der Waals surface area contributed by atoms with Gasteiger partial charge in [0.25, 0.3) is 0 Å². The number of likely N-dealkylation sites (tertiary alicyclic amines) is 1. The summed E-state index contributed by atoms with van der Waals surface area (Å²) in [5.74, 6) is -0.420. The molecule has 0 aliphatic carbocycles. The number of carbonyl (C=O) groups is 1. The molecule has 2 unspecified atom stereocenters. The molecule has 0 spiro atoms. The van der Waals surface area contributed by atoms with Crippen LogP contribution in [0.15, 0.2) is 24.3 Å². The number of rotatable bonds is 8. The molecule has 1 aromatic rings. The average Bonchev–Trinajstić information content (AvgIpc) is 2.59. The first-order valence-corrected chi connectivity index (χ1v) is 9.71. The van der Waals surface area contributed by atoms with E-state index < -0.39 is 17.6 Å². The van der Waals surface area contributed by atoms with Crippen LogP contribution in [-0.2, 0) is 11.0 Å². The highest BCUT2D eigenvalue weighted by molar-refractivity contribution is 5.92. The van der Waals surface area contributed by atoms with Crippen molar-refractivity contribution in [3.8, 4) is 0 Å². The second-order valence-corrected chi connectivity index (χ2v) is 7.39. The quantitative estimate of drug-likeness (QED) is 0.657. The Morgan fingerprint density at radius 3 is 2.74 bits per heavy atom. The fraction of sp³-hybridized carbons (Fsp3) is 0.650. The van der Waals surface area contributed by atoms with Gasteiger partial charge in [0.15, 0.2) is 0 Å². The zero-order valence-electron chi connectivity index (χ0n) is 16.1. The Bertz CT molecular complexity index is 606. The number of alkyl halides is 3. The van der Waals surface area contributed by atoms with E-state index in [4.69, 9.17) is 0 Å². The van der Waals surface area contributed by atoms with E-state index in [0.717, 1.165) is 32.1 Å². The number of halogens is 3. The highest BCUT2D eigenvalue weighted by atomic mass is 19.4. The van der Waals surface area contributed by atoms with Crippen LogP contribution in [0.1, 0.15) is 51.5 Å². The van der Waals surface area contributed by atoms with Gasteiger partial charge in [0, 0.05) is 18.5 Å². The highest BCUT2D eigenvalue weighted by Crippen LogP contribution is 2.34. The molecule has 1 saturated heterocycles. The van der Waals surface area contributed by atoms with Gasteiger partial charge in [-0.1, -0.05) is 18.6 Å². The van der Waals surface area contributed by atoms with Crippen molar-refractivity contribution >= 4 is 11.6 Å². The minimum Gasteiger partial charge on any atom is -0.325 e. The van der Waals surface area contributed by atoms with E-state index in [0.29, 0.717) is 6.04 Å². The topological polar surface area (TPSA) is 44.4 Å². The van der Waals surface area contributed by atoms with Gasteiger partial charge in [-0.15, -0.1) is 0 Å². The summed E-state index contributed by atoms with van der Waals surface area (Å²) in [4.78, 5) is 14.6. The predicted molar refractivity (Wildman–Crippen MR) is 102 cm³/mol. The van der Waals surface area contributed by atoms with Crippen LogP contribution in [0.4, 0.5) is 18.9 Å². The number of benzene rings is 1. The van der Waals surface area contributed by atoms with E-state index in [1.807, 2.05) is 6.92 Å². The van der Waals surface area contributed by atoms with Crippen molar-refractivity contribution in [2.75, 3.05) is 25.0 Å². The van der Waals surface area contributed by atoms with Crippen molar-refractivity contribution in [1.82, 2.24) is 10.2 Å². The minimum atomic E-state index is -4.49. The first-order chi connectivity index (χ1) is 12.8. The van der Waals surface area contributed by atoms with Gasteiger partial charge in [-0.3, -0.25) is 4.79 Å². The van der Waals surface area contributed by atoms with Gasteiger partial charge in [0.2, 0.25) is 5.91 Å². The Kier molecular flexibility index (Phi) is 8.10. The number of nitrogens with one attached hydrogen (secondary N) is 2. The molecule has 1 heterocycles. The van der Waals surface area contributed by atoms with Gasteiger partial charge in [-0.05, 0) is 64.9 Å². The summed E-state index contributed by atoms with van der Waals surface area (Å²) in [7, 11) is 0. The van der Waals surface area contributed by atoms with Crippen LogP contribution < -0.4 is 10.6 Å². The van der Waals surface area contributed by atoms with Crippen molar-refractivity contribution < 1.29 is 18.0 Å². The van der Waals surface area contributed by atoms with Crippen LogP contribution in [0.25, 0.3) is 0 Å². The Morgan fingerprint density at radius 1 is 1.30 bits per heavy atom. The second-order valence-electron chi connectivity index (χ2n) is 7.39. The lowest BCUT2D eigenvalue weighted by Gasteiger charge is -2.33. The Labute approximate surface area is 159 Å². The number of anilines is 1. The maximum atomic E-state index is 13.0. The van der Waals surface area contributed by atoms with E-state index in [9.17, 15) is 18.0 Å². The molecule has 0 radical (unpaired) electrons. The van der Waals surface area contributed by atoms with Crippen LogP contribution in [0.5, 0.6) is 0 Å². The molecule has 1 aliphatic rings. The van der Waals surface area contributed by atoms with Gasteiger partial charge < -0.3 is 15.5 Å². The van der Waals surface area contributed by atoms with Crippen LogP contribution in [0.3, 0.4) is 0 Å². The first kappa shape index (κ1) is 21.7. The summed E-state index contributed by atoms with van der Waals surface area (Å²) in [5.41, 5.74) is -1.02. The third-order valence-electron chi connectivity index (χ3n) is 5.05. The SMILES string of the molecule is CC(CC(=O)Nc1ccccc1C(F)(F)F)NCCCN1CCCCC1C. The molecule has 0 bridgehead atoms. The van der Waals surface area contributed by atoms with E-state index in [-0.39, 0.29) is 18.2 Å². The number of hydrogen-bond donors (Lipinski definition) is 2. The Morgan fingerprint density at radius 2 is 2.04 bits per heavy atom. The normalized spacial score (nSPS) is 19.7. The molecule has 1 aromatic carbocycles. The fourth-order valence-electron chi connectivity index (χ4n) is 3.51. The molecule has 0 aromatic heterocycles. The van der Waals surface area contributed by atoms with Crippen LogP contribution in [0.2, 0.25) is 0 Å². The summed E-state index contributed by atoms with van der Waals surface area (Å²) >= 11 is 0. The van der Waals surface area contributed by atoms with E-state index >= 15 is 0 Å². The van der Waals surface area contributed by atoms with E-state index in [2.05, 4.69) is 22.5 Å². The maximum absolute atomic E-state index is 13.0. The molecule has 152 valence electrons. The number of hydrogen-bond acceptors (Lipinski definition) is 3. The molecule has 2 atom stereocenters. The van der Waals surface area contributed by atoms with Gasteiger partial charge >= 0.3 is 6.18 Å². The summed E-state index contributed by atoms with van der Waals surface area (Å²) < 4.78 is 38.9. The van der Waals surface area contributed by atoms with Crippen LogP contribution in [-0.4, -0.2) is 42.5 Å². The minimum absolute atomic E-state index is 0.0955. The maximum Gasteiger partial charge on any atom is 0.418 e. The van der Waals surface area contributed by atoms with E-state index in [1.54, 1.807) is 0 Å². The largest absolute Gasteiger partial charge is 0.418 e. The molecule has 2 rings (SSSR count). The third kappa shape index (κ3) is 7.14. The molecular weight excluding hydrogens is 355 g/mol. The Balaban J connectivity index is 1.71. The summed E-state index contributed by atoms with van der Waals surface area (Å²) in [6.07, 6.45) is 0.454.